The van der Waals surface area contributed by atoms with E-state index in [2.05, 4.69) is 20.6 Å². The van der Waals surface area contributed by atoms with Crippen LogP contribution in [0.3, 0.4) is 0 Å². The van der Waals surface area contributed by atoms with E-state index < -0.39 is 17.6 Å². The summed E-state index contributed by atoms with van der Waals surface area (Å²) in [6, 6.07) is 13.8. The predicted molar refractivity (Wildman–Crippen MR) is 140 cm³/mol. The molecule has 3 aromatic carbocycles. The number of fused-ring (bicyclic) bond motifs is 1. The third-order valence-electron chi connectivity index (χ3n) is 6.55. The largest absolute Gasteiger partial charge is 0.416 e. The summed E-state index contributed by atoms with van der Waals surface area (Å²) in [7, 11) is 1.74. The number of aryl methyl sites for hydroxylation is 1. The lowest BCUT2D eigenvalue weighted by atomic mass is 9.97. The van der Waals surface area contributed by atoms with Crippen molar-refractivity contribution in [2.45, 2.75) is 25.9 Å². The number of amides is 2. The van der Waals surface area contributed by atoms with Gasteiger partial charge in [-0.05, 0) is 72.5 Å². The number of hydrogen-bond donors (Lipinski definition) is 2. The van der Waals surface area contributed by atoms with Gasteiger partial charge in [0.25, 0.3) is 5.91 Å². The molecule has 0 bridgehead atoms. The zero-order valence-corrected chi connectivity index (χ0v) is 20.7. The van der Waals surface area contributed by atoms with Crippen LogP contribution in [0.1, 0.15) is 34.3 Å². The minimum Gasteiger partial charge on any atom is -0.357 e. The van der Waals surface area contributed by atoms with Crippen molar-refractivity contribution >= 4 is 40.0 Å². The molecular weight excluding hydrogens is 495 g/mol. The number of carbonyl (C=O) groups excluding carboxylic acids is 2. The van der Waals surface area contributed by atoms with Crippen molar-refractivity contribution in [1.29, 1.82) is 0 Å². The van der Waals surface area contributed by atoms with Gasteiger partial charge in [-0.25, -0.2) is 9.97 Å². The maximum atomic E-state index is 13.4. The Labute approximate surface area is 216 Å². The summed E-state index contributed by atoms with van der Waals surface area (Å²) in [5.74, 6) is -0.272. The Morgan fingerprint density at radius 1 is 1.05 bits per heavy atom. The molecule has 38 heavy (non-hydrogen) atoms. The van der Waals surface area contributed by atoms with Gasteiger partial charge in [-0.3, -0.25) is 9.59 Å². The highest BCUT2D eigenvalue weighted by Gasteiger charge is 2.33. The highest BCUT2D eigenvalue weighted by molar-refractivity contribution is 6.08. The van der Waals surface area contributed by atoms with Crippen LogP contribution in [-0.2, 0) is 11.0 Å². The van der Waals surface area contributed by atoms with Gasteiger partial charge in [0.2, 0.25) is 11.9 Å². The number of anilines is 3. The minimum atomic E-state index is -4.60. The van der Waals surface area contributed by atoms with Gasteiger partial charge in [0.15, 0.2) is 0 Å². The number of hydrogen-bond acceptors (Lipinski definition) is 5. The molecule has 0 spiro atoms. The molecule has 2 N–H and O–H groups in total. The highest BCUT2D eigenvalue weighted by Crippen LogP contribution is 2.37. The summed E-state index contributed by atoms with van der Waals surface area (Å²) in [6.07, 6.45) is -1.99. The molecule has 4 aromatic rings. The first-order chi connectivity index (χ1) is 18.1. The van der Waals surface area contributed by atoms with Crippen LogP contribution in [0, 0.1) is 6.92 Å². The second kappa shape index (κ2) is 9.77. The Morgan fingerprint density at radius 2 is 1.87 bits per heavy atom. The Balaban J connectivity index is 1.49. The second-order valence-corrected chi connectivity index (χ2v) is 9.08. The van der Waals surface area contributed by atoms with Gasteiger partial charge in [0, 0.05) is 37.2 Å². The number of nitrogens with zero attached hydrogens (tertiary/aromatic N) is 3. The minimum absolute atomic E-state index is 0.0645. The first kappa shape index (κ1) is 25.2. The molecule has 0 aliphatic carbocycles. The van der Waals surface area contributed by atoms with Crippen molar-refractivity contribution in [2.24, 2.45) is 0 Å². The van der Waals surface area contributed by atoms with Crippen LogP contribution in [0.4, 0.5) is 30.5 Å². The van der Waals surface area contributed by atoms with Crippen LogP contribution in [0.2, 0.25) is 0 Å². The number of halogens is 3. The number of carbonyl (C=O) groups is 2. The van der Waals surface area contributed by atoms with Crippen molar-refractivity contribution in [2.75, 3.05) is 29.1 Å². The van der Waals surface area contributed by atoms with E-state index in [-0.39, 0.29) is 22.8 Å². The van der Waals surface area contributed by atoms with Gasteiger partial charge >= 0.3 is 6.18 Å². The summed E-state index contributed by atoms with van der Waals surface area (Å²) in [4.78, 5) is 35.7. The molecule has 2 heterocycles. The summed E-state index contributed by atoms with van der Waals surface area (Å²) >= 11 is 0. The monoisotopic (exact) mass is 519 g/mol. The van der Waals surface area contributed by atoms with E-state index >= 15 is 0 Å². The topological polar surface area (TPSA) is 87.2 Å². The first-order valence-electron chi connectivity index (χ1n) is 12.0. The van der Waals surface area contributed by atoms with Gasteiger partial charge < -0.3 is 15.5 Å². The maximum absolute atomic E-state index is 13.4. The fraction of sp³-hybridized carbons (Fsp3) is 0.214. The Kier molecular flexibility index (Phi) is 6.48. The van der Waals surface area contributed by atoms with Gasteiger partial charge in [-0.15, -0.1) is 0 Å². The lowest BCUT2D eigenvalue weighted by Gasteiger charge is -2.21. The van der Waals surface area contributed by atoms with Gasteiger partial charge in [-0.2, -0.15) is 13.2 Å². The van der Waals surface area contributed by atoms with Crippen molar-refractivity contribution in [3.8, 4) is 11.1 Å². The SMILES string of the molecule is CNc1ncc2cc(-c3cc(C(=O)Nc4cc(C(F)(F)F)ccc4N4CCCC4=O)ccc3C)ccc2n1. The predicted octanol–water partition coefficient (Wildman–Crippen LogP) is 6.04. The second-order valence-electron chi connectivity index (χ2n) is 9.08. The molecule has 0 unspecified atom stereocenters. The molecule has 1 aliphatic heterocycles. The third kappa shape index (κ3) is 4.89. The smallest absolute Gasteiger partial charge is 0.357 e. The standard InChI is InChI=1S/C28H24F3N5O2/c1-16-5-6-18(13-21(16)17-7-9-22-19(12-17)15-33-27(32-2)35-22)26(38)34-23-14-20(28(29,30)31)8-10-24(23)36-11-3-4-25(36)37/h5-10,12-15H,3-4,11H2,1-2H3,(H,34,38)(H,32,33,35). The van der Waals surface area contributed by atoms with E-state index in [9.17, 15) is 22.8 Å². The van der Waals surface area contributed by atoms with Crippen LogP contribution in [0.15, 0.2) is 60.8 Å². The van der Waals surface area contributed by atoms with E-state index in [4.69, 9.17) is 0 Å². The molecule has 0 saturated carbocycles. The van der Waals surface area contributed by atoms with E-state index in [1.807, 2.05) is 25.1 Å². The van der Waals surface area contributed by atoms with Crippen LogP contribution in [0.5, 0.6) is 0 Å². The van der Waals surface area contributed by atoms with Crippen LogP contribution >= 0.6 is 0 Å². The lowest BCUT2D eigenvalue weighted by Crippen LogP contribution is -2.26. The Morgan fingerprint density at radius 3 is 2.58 bits per heavy atom. The Hall–Kier alpha value is -4.47. The summed E-state index contributed by atoms with van der Waals surface area (Å²) in [6.45, 7) is 2.29. The molecule has 194 valence electrons. The van der Waals surface area contributed by atoms with Gasteiger partial charge in [-0.1, -0.05) is 12.1 Å². The van der Waals surface area contributed by atoms with E-state index in [0.717, 1.165) is 39.7 Å². The molecule has 7 nitrogen and oxygen atoms in total. The first-order valence-corrected chi connectivity index (χ1v) is 12.0. The molecule has 1 saturated heterocycles. The molecule has 1 fully saturated rings. The van der Waals surface area contributed by atoms with Crippen LogP contribution < -0.4 is 15.5 Å². The van der Waals surface area contributed by atoms with Gasteiger partial charge in [0.1, 0.15) is 0 Å². The number of nitrogens with one attached hydrogen (secondary N) is 2. The number of aromatic nitrogens is 2. The molecule has 2 amide bonds. The quantitative estimate of drug-likeness (QED) is 0.336. The van der Waals surface area contributed by atoms with Crippen molar-refractivity contribution in [3.63, 3.8) is 0 Å². The molecule has 5 rings (SSSR count). The highest BCUT2D eigenvalue weighted by atomic mass is 19.4. The zero-order valence-electron chi connectivity index (χ0n) is 20.7. The molecule has 1 aromatic heterocycles. The molecular formula is C28H24F3N5O2. The van der Waals surface area contributed by atoms with Crippen molar-refractivity contribution in [3.05, 3.63) is 77.5 Å². The van der Waals surface area contributed by atoms with Crippen LogP contribution in [-0.4, -0.2) is 35.4 Å². The number of benzene rings is 3. The van der Waals surface area contributed by atoms with Crippen molar-refractivity contribution in [1.82, 2.24) is 9.97 Å². The maximum Gasteiger partial charge on any atom is 0.416 e. The van der Waals surface area contributed by atoms with Crippen LogP contribution in [0.25, 0.3) is 22.0 Å². The van der Waals surface area contributed by atoms with Gasteiger partial charge in [0.05, 0.1) is 22.5 Å². The van der Waals surface area contributed by atoms with E-state index in [1.54, 1.807) is 31.4 Å². The zero-order chi connectivity index (χ0) is 27.0. The summed E-state index contributed by atoms with van der Waals surface area (Å²) in [5, 5.41) is 6.34. The number of rotatable bonds is 5. The average molecular weight is 520 g/mol. The summed E-state index contributed by atoms with van der Waals surface area (Å²) in [5.41, 5.74) is 2.84. The Bertz CT molecular complexity index is 1570. The molecule has 10 heteroatoms. The fourth-order valence-corrected chi connectivity index (χ4v) is 4.54. The normalized spacial score (nSPS) is 13.7. The lowest BCUT2D eigenvalue weighted by molar-refractivity contribution is -0.137. The molecule has 0 radical (unpaired) electrons. The summed E-state index contributed by atoms with van der Waals surface area (Å²) < 4.78 is 40.3. The van der Waals surface area contributed by atoms with E-state index in [1.165, 1.54) is 11.0 Å². The van der Waals surface area contributed by atoms with E-state index in [0.29, 0.717) is 25.3 Å². The van der Waals surface area contributed by atoms with Crippen molar-refractivity contribution < 1.29 is 22.8 Å². The average Bonchev–Trinajstić information content (AvgIpc) is 3.33. The molecule has 1 aliphatic rings. The third-order valence-corrected chi connectivity index (χ3v) is 6.55. The fourth-order valence-electron chi connectivity index (χ4n) is 4.54. The molecule has 0 atom stereocenters. The number of alkyl halides is 3.